The zero-order valence-electron chi connectivity index (χ0n) is 7.37. The van der Waals surface area contributed by atoms with Crippen molar-refractivity contribution in [2.45, 2.75) is 6.10 Å². The molecule has 2 rings (SSSR count). The predicted molar refractivity (Wildman–Crippen MR) is 51.6 cm³/mol. The molecule has 0 amide bonds. The summed E-state index contributed by atoms with van der Waals surface area (Å²) in [5.41, 5.74) is 5.91. The van der Waals surface area contributed by atoms with Crippen molar-refractivity contribution >= 4 is 11.6 Å². The van der Waals surface area contributed by atoms with Gasteiger partial charge in [0.05, 0.1) is 11.1 Å². The first-order chi connectivity index (χ1) is 6.74. The second-order valence-corrected chi connectivity index (χ2v) is 3.33. The zero-order chi connectivity index (χ0) is 10.1. The highest BCUT2D eigenvalue weighted by Crippen LogP contribution is 2.42. The van der Waals surface area contributed by atoms with Crippen LogP contribution in [0.25, 0.3) is 0 Å². The van der Waals surface area contributed by atoms with E-state index in [1.807, 2.05) is 0 Å². The van der Waals surface area contributed by atoms with E-state index < -0.39 is 6.10 Å². The number of aliphatic hydroxyl groups excluding tert-OH is 1. The molecule has 0 aromatic heterocycles. The van der Waals surface area contributed by atoms with Gasteiger partial charge in [-0.2, -0.15) is 0 Å². The van der Waals surface area contributed by atoms with E-state index in [0.717, 1.165) is 0 Å². The number of ether oxygens (including phenoxy) is 2. The second-order valence-electron chi connectivity index (χ2n) is 2.95. The first-order valence-electron chi connectivity index (χ1n) is 4.20. The number of hydrogen-bond donors (Lipinski definition) is 2. The fourth-order valence-electron chi connectivity index (χ4n) is 1.34. The van der Waals surface area contributed by atoms with Gasteiger partial charge in [-0.3, -0.25) is 0 Å². The van der Waals surface area contributed by atoms with E-state index >= 15 is 0 Å². The fourth-order valence-corrected chi connectivity index (χ4v) is 1.67. The molecule has 14 heavy (non-hydrogen) atoms. The molecule has 3 N–H and O–H groups in total. The molecule has 0 spiro atoms. The number of rotatable bonds is 2. The third-order valence-corrected chi connectivity index (χ3v) is 2.48. The molecule has 1 heterocycles. The number of nitrogens with two attached hydrogens (primary N) is 1. The van der Waals surface area contributed by atoms with Crippen LogP contribution in [0, 0.1) is 0 Å². The lowest BCUT2D eigenvalue weighted by Gasteiger charge is -2.11. The number of hydrogen-bond acceptors (Lipinski definition) is 4. The van der Waals surface area contributed by atoms with Crippen LogP contribution in [-0.4, -0.2) is 18.4 Å². The molecule has 1 aromatic rings. The summed E-state index contributed by atoms with van der Waals surface area (Å²) >= 11 is 6.01. The van der Waals surface area contributed by atoms with Crippen LogP contribution in [0.5, 0.6) is 11.5 Å². The summed E-state index contributed by atoms with van der Waals surface area (Å²) in [5.74, 6) is 1.08. The van der Waals surface area contributed by atoms with Crippen molar-refractivity contribution < 1.29 is 14.6 Å². The van der Waals surface area contributed by atoms with Crippen molar-refractivity contribution in [3.05, 3.63) is 22.7 Å². The Morgan fingerprint density at radius 1 is 1.50 bits per heavy atom. The summed E-state index contributed by atoms with van der Waals surface area (Å²) in [6.07, 6.45) is -0.767. The number of aliphatic hydroxyl groups is 1. The molecule has 76 valence electrons. The van der Waals surface area contributed by atoms with Gasteiger partial charge in [-0.05, 0) is 6.07 Å². The minimum atomic E-state index is -0.767. The molecule has 1 unspecified atom stereocenters. The Labute approximate surface area is 86.2 Å². The first kappa shape index (κ1) is 9.58. The Kier molecular flexibility index (Phi) is 2.50. The molecule has 1 aromatic carbocycles. The standard InChI is InChI=1S/C9H10ClNO3/c10-8-5(6(12)3-11)1-2-7-9(8)14-4-13-7/h1-2,6,12H,3-4,11H2. The molecule has 4 nitrogen and oxygen atoms in total. The highest BCUT2D eigenvalue weighted by molar-refractivity contribution is 6.33. The molecule has 0 bridgehead atoms. The predicted octanol–water partition coefficient (Wildman–Crippen LogP) is 1.06. The first-order valence-corrected chi connectivity index (χ1v) is 4.58. The lowest BCUT2D eigenvalue weighted by atomic mass is 10.1. The molecule has 0 saturated heterocycles. The highest BCUT2D eigenvalue weighted by Gasteiger charge is 2.22. The van der Waals surface area contributed by atoms with E-state index in [9.17, 15) is 5.11 Å². The maximum absolute atomic E-state index is 9.54. The van der Waals surface area contributed by atoms with E-state index in [0.29, 0.717) is 22.1 Å². The van der Waals surface area contributed by atoms with Gasteiger partial charge >= 0.3 is 0 Å². The van der Waals surface area contributed by atoms with Crippen LogP contribution < -0.4 is 15.2 Å². The summed E-state index contributed by atoms with van der Waals surface area (Å²) in [4.78, 5) is 0. The van der Waals surface area contributed by atoms with Crippen molar-refractivity contribution in [3.8, 4) is 11.5 Å². The maximum Gasteiger partial charge on any atom is 0.231 e. The Balaban J connectivity index is 2.44. The Morgan fingerprint density at radius 2 is 2.29 bits per heavy atom. The molecule has 1 aliphatic rings. The molecule has 5 heteroatoms. The highest BCUT2D eigenvalue weighted by atomic mass is 35.5. The van der Waals surface area contributed by atoms with Gasteiger partial charge in [0.25, 0.3) is 0 Å². The van der Waals surface area contributed by atoms with Gasteiger partial charge in [-0.15, -0.1) is 0 Å². The quantitative estimate of drug-likeness (QED) is 0.775. The summed E-state index contributed by atoms with van der Waals surface area (Å²) in [6, 6.07) is 3.40. The summed E-state index contributed by atoms with van der Waals surface area (Å²) in [5, 5.41) is 9.91. The van der Waals surface area contributed by atoms with Gasteiger partial charge in [0, 0.05) is 12.1 Å². The molecular weight excluding hydrogens is 206 g/mol. The lowest BCUT2D eigenvalue weighted by Crippen LogP contribution is -2.11. The van der Waals surface area contributed by atoms with Gasteiger partial charge in [0.15, 0.2) is 11.5 Å². The second kappa shape index (κ2) is 3.65. The monoisotopic (exact) mass is 215 g/mol. The van der Waals surface area contributed by atoms with Gasteiger partial charge in [-0.25, -0.2) is 0 Å². The lowest BCUT2D eigenvalue weighted by molar-refractivity contribution is 0.173. The van der Waals surface area contributed by atoms with E-state index in [2.05, 4.69) is 0 Å². The van der Waals surface area contributed by atoms with Gasteiger partial charge in [0.2, 0.25) is 6.79 Å². The van der Waals surface area contributed by atoms with E-state index in [4.69, 9.17) is 26.8 Å². The van der Waals surface area contributed by atoms with Crippen molar-refractivity contribution in [1.29, 1.82) is 0 Å². The summed E-state index contributed by atoms with van der Waals surface area (Å²) in [7, 11) is 0. The van der Waals surface area contributed by atoms with Crippen LogP contribution in [0.1, 0.15) is 11.7 Å². The Morgan fingerprint density at radius 3 is 3.00 bits per heavy atom. The summed E-state index contributed by atoms with van der Waals surface area (Å²) < 4.78 is 10.3. The number of benzene rings is 1. The van der Waals surface area contributed by atoms with Gasteiger partial charge in [0.1, 0.15) is 0 Å². The molecular formula is C9H10ClNO3. The van der Waals surface area contributed by atoms with Crippen LogP contribution in [0.4, 0.5) is 0 Å². The number of fused-ring (bicyclic) bond motifs is 1. The molecule has 0 aliphatic carbocycles. The zero-order valence-corrected chi connectivity index (χ0v) is 8.12. The van der Waals surface area contributed by atoms with E-state index in [-0.39, 0.29) is 13.3 Å². The minimum Gasteiger partial charge on any atom is -0.454 e. The van der Waals surface area contributed by atoms with Crippen LogP contribution in [0.3, 0.4) is 0 Å². The molecule has 0 fully saturated rings. The van der Waals surface area contributed by atoms with Crippen molar-refractivity contribution in [2.24, 2.45) is 5.73 Å². The van der Waals surface area contributed by atoms with Crippen LogP contribution >= 0.6 is 11.6 Å². The van der Waals surface area contributed by atoms with Crippen molar-refractivity contribution in [2.75, 3.05) is 13.3 Å². The van der Waals surface area contributed by atoms with Crippen LogP contribution in [0.15, 0.2) is 12.1 Å². The smallest absolute Gasteiger partial charge is 0.231 e. The van der Waals surface area contributed by atoms with Gasteiger partial charge < -0.3 is 20.3 Å². The molecule has 0 radical (unpaired) electrons. The average Bonchev–Trinajstić information content (AvgIpc) is 2.66. The van der Waals surface area contributed by atoms with Gasteiger partial charge in [-0.1, -0.05) is 17.7 Å². The van der Waals surface area contributed by atoms with Crippen LogP contribution in [-0.2, 0) is 0 Å². The fraction of sp³-hybridized carbons (Fsp3) is 0.333. The molecule has 0 saturated carbocycles. The molecule has 1 atom stereocenters. The molecule has 1 aliphatic heterocycles. The van der Waals surface area contributed by atoms with E-state index in [1.54, 1.807) is 12.1 Å². The van der Waals surface area contributed by atoms with Crippen molar-refractivity contribution in [1.82, 2.24) is 0 Å². The third-order valence-electron chi connectivity index (χ3n) is 2.09. The minimum absolute atomic E-state index is 0.124. The Hall–Kier alpha value is -0.970. The number of halogens is 1. The normalized spacial score (nSPS) is 15.6. The topological polar surface area (TPSA) is 64.7 Å². The van der Waals surface area contributed by atoms with E-state index in [1.165, 1.54) is 0 Å². The Bertz CT molecular complexity index is 356. The maximum atomic E-state index is 9.54. The average molecular weight is 216 g/mol. The summed E-state index contributed by atoms with van der Waals surface area (Å²) in [6.45, 7) is 0.288. The largest absolute Gasteiger partial charge is 0.454 e. The van der Waals surface area contributed by atoms with Crippen molar-refractivity contribution in [3.63, 3.8) is 0 Å². The SMILES string of the molecule is NCC(O)c1ccc2c(c1Cl)OCO2. The van der Waals surface area contributed by atoms with Crippen LogP contribution in [0.2, 0.25) is 5.02 Å². The third kappa shape index (κ3) is 1.41.